The molecule has 0 saturated carbocycles. The normalized spacial score (nSPS) is 14.4. The second-order valence-corrected chi connectivity index (χ2v) is 5.55. The van der Waals surface area contributed by atoms with E-state index in [0.29, 0.717) is 0 Å². The minimum atomic E-state index is -0.539. The number of hydrogen-bond acceptors (Lipinski definition) is 2. The van der Waals surface area contributed by atoms with Crippen molar-refractivity contribution in [3.8, 4) is 0 Å². The summed E-state index contributed by atoms with van der Waals surface area (Å²) in [6.45, 7) is 2.17. The first-order valence-electron chi connectivity index (χ1n) is 3.36. The van der Waals surface area contributed by atoms with Gasteiger partial charge in [0, 0.05) is 0 Å². The molecule has 2 nitrogen and oxygen atoms in total. The predicted octanol–water partition coefficient (Wildman–Crippen LogP) is 0.106. The summed E-state index contributed by atoms with van der Waals surface area (Å²) in [6, 6.07) is 0. The predicted molar refractivity (Wildman–Crippen MR) is 50.2 cm³/mol. The van der Waals surface area contributed by atoms with Crippen molar-refractivity contribution in [3.63, 3.8) is 0 Å². The Morgan fingerprint density at radius 2 is 1.40 bits per heavy atom. The van der Waals surface area contributed by atoms with Crippen LogP contribution in [0.2, 0.25) is 0 Å². The third-order valence-corrected chi connectivity index (χ3v) is 5.47. The van der Waals surface area contributed by atoms with Crippen LogP contribution < -0.4 is 0 Å². The fourth-order valence-corrected chi connectivity index (χ4v) is 2.55. The molecule has 0 aliphatic carbocycles. The van der Waals surface area contributed by atoms with Gasteiger partial charge >= 0.3 is 0 Å². The molecule has 0 spiro atoms. The Labute approximate surface area is 70.7 Å². The van der Waals surface area contributed by atoms with Crippen LogP contribution in [0, 0.1) is 0 Å². The van der Waals surface area contributed by atoms with Gasteiger partial charge in [0.05, 0.1) is 5.29 Å². The van der Waals surface area contributed by atoms with E-state index in [4.69, 9.17) is 11.1 Å². The molecule has 10 heavy (non-hydrogen) atoms. The number of nitrogens with zero attached hydrogens (tertiary/aromatic N) is 2. The molecule has 0 aromatic rings. The molecule has 62 valence electrons. The van der Waals surface area contributed by atoms with E-state index in [0.717, 1.165) is 0 Å². The van der Waals surface area contributed by atoms with Crippen molar-refractivity contribution in [1.29, 1.82) is 0 Å². The Hall–Kier alpha value is 0.427. The van der Waals surface area contributed by atoms with Crippen LogP contribution in [-0.4, -0.2) is 52.1 Å². The maximum atomic E-state index is 5.95. The lowest BCUT2D eigenvalue weighted by molar-refractivity contribution is 0.102. The molecule has 0 aliphatic rings. The van der Waals surface area contributed by atoms with E-state index in [2.05, 4.69) is 44.9 Å². The van der Waals surface area contributed by atoms with Gasteiger partial charge in [0.2, 0.25) is 0 Å². The van der Waals surface area contributed by atoms with Crippen molar-refractivity contribution in [2.45, 2.75) is 12.2 Å². The van der Waals surface area contributed by atoms with E-state index in [1.807, 2.05) is 0 Å². The largest absolute Gasteiger partial charge is 0.294 e. The Kier molecular flexibility index (Phi) is 3.87. The molecule has 0 unspecified atom stereocenters. The molecule has 0 aliphatic heterocycles. The highest BCUT2D eigenvalue weighted by Crippen LogP contribution is 2.13. The van der Waals surface area contributed by atoms with Crippen LogP contribution in [0.4, 0.5) is 0 Å². The summed E-state index contributed by atoms with van der Waals surface area (Å²) in [5, 5.41) is 0.113. The third kappa shape index (κ3) is 1.95. The van der Waals surface area contributed by atoms with E-state index in [9.17, 15) is 0 Å². The van der Waals surface area contributed by atoms with Gasteiger partial charge in [-0.2, -0.15) is 11.1 Å². The van der Waals surface area contributed by atoms with Gasteiger partial charge in [0.15, 0.2) is 8.83 Å². The Morgan fingerprint density at radius 1 is 1.10 bits per heavy atom. The molecular weight excluding hydrogens is 164 g/mol. The average molecular weight is 181 g/mol. The Balaban J connectivity index is 4.23. The molecule has 0 bridgehead atoms. The van der Waals surface area contributed by atoms with Crippen molar-refractivity contribution in [2.24, 2.45) is 0 Å². The summed E-state index contributed by atoms with van der Waals surface area (Å²) >= 11 is 5.95. The minimum absolute atomic E-state index is 0.113. The van der Waals surface area contributed by atoms with Gasteiger partial charge in [-0.25, -0.2) is 0 Å². The van der Waals surface area contributed by atoms with Crippen LogP contribution in [0.15, 0.2) is 0 Å². The first-order chi connectivity index (χ1) is 4.45. The van der Waals surface area contributed by atoms with Crippen molar-refractivity contribution in [3.05, 3.63) is 0 Å². The maximum absolute atomic E-state index is 5.95. The monoisotopic (exact) mass is 180 g/mol. The summed E-state index contributed by atoms with van der Waals surface area (Å²) in [5.41, 5.74) is 0. The number of halogens is 1. The van der Waals surface area contributed by atoms with Gasteiger partial charge in [0.25, 0.3) is 0 Å². The summed E-state index contributed by atoms with van der Waals surface area (Å²) in [6.07, 6.45) is 0. The summed E-state index contributed by atoms with van der Waals surface area (Å²) in [7, 11) is 7.72. The molecule has 0 N–H and O–H groups in total. The van der Waals surface area contributed by atoms with Gasteiger partial charge in [-0.1, -0.05) is 0 Å². The van der Waals surface area contributed by atoms with Crippen molar-refractivity contribution in [2.75, 3.05) is 28.2 Å². The van der Waals surface area contributed by atoms with Crippen LogP contribution in [-0.2, 0) is 0 Å². The van der Waals surface area contributed by atoms with E-state index >= 15 is 0 Å². The van der Waals surface area contributed by atoms with Crippen LogP contribution in [0.5, 0.6) is 0 Å². The van der Waals surface area contributed by atoms with E-state index in [1.54, 1.807) is 0 Å². The third-order valence-electron chi connectivity index (χ3n) is 2.18. The molecule has 0 fully saturated rings. The molecule has 0 amide bonds. The topological polar surface area (TPSA) is 6.48 Å². The highest BCUT2D eigenvalue weighted by atomic mass is 35.6. The smallest absolute Gasteiger partial charge is 0.163 e. The SMILES string of the molecule is CN(C)C(C)([SiH2]Cl)N(C)C. The Morgan fingerprint density at radius 3 is 1.40 bits per heavy atom. The van der Waals surface area contributed by atoms with Crippen molar-refractivity contribution in [1.82, 2.24) is 9.80 Å². The van der Waals surface area contributed by atoms with Gasteiger partial charge in [-0.3, -0.25) is 9.80 Å². The van der Waals surface area contributed by atoms with E-state index < -0.39 is 8.83 Å². The summed E-state index contributed by atoms with van der Waals surface area (Å²) in [5.74, 6) is 0. The van der Waals surface area contributed by atoms with Crippen molar-refractivity contribution < 1.29 is 0 Å². The first-order valence-corrected chi connectivity index (χ1v) is 6.20. The molecular formula is C6H17ClN2Si. The lowest BCUT2D eigenvalue weighted by Crippen LogP contribution is -2.55. The minimum Gasteiger partial charge on any atom is -0.294 e. The molecule has 0 heterocycles. The zero-order chi connectivity index (χ0) is 8.36. The molecule has 4 heteroatoms. The molecule has 0 saturated heterocycles. The van der Waals surface area contributed by atoms with Crippen molar-refractivity contribution >= 4 is 19.9 Å². The lowest BCUT2D eigenvalue weighted by atomic mass is 10.4. The van der Waals surface area contributed by atoms with E-state index in [-0.39, 0.29) is 5.29 Å². The molecule has 0 radical (unpaired) electrons. The average Bonchev–Trinajstić information content (AvgIpc) is 1.85. The van der Waals surface area contributed by atoms with E-state index in [1.165, 1.54) is 0 Å². The zero-order valence-electron chi connectivity index (χ0n) is 7.48. The fraction of sp³-hybridized carbons (Fsp3) is 1.00. The highest BCUT2D eigenvalue weighted by Gasteiger charge is 2.28. The van der Waals surface area contributed by atoms with Gasteiger partial charge in [0.1, 0.15) is 0 Å². The maximum Gasteiger partial charge on any atom is 0.163 e. The lowest BCUT2D eigenvalue weighted by Gasteiger charge is -2.40. The zero-order valence-corrected chi connectivity index (χ0v) is 9.65. The first kappa shape index (κ1) is 10.4. The van der Waals surface area contributed by atoms with Crippen LogP contribution in [0.3, 0.4) is 0 Å². The Bertz CT molecular complexity index is 97.9. The summed E-state index contributed by atoms with van der Waals surface area (Å²) < 4.78 is 0. The number of rotatable bonds is 3. The molecule has 0 aromatic carbocycles. The van der Waals surface area contributed by atoms with Gasteiger partial charge in [-0.05, 0) is 35.1 Å². The molecule has 0 rings (SSSR count). The molecule has 0 atom stereocenters. The van der Waals surface area contributed by atoms with Crippen LogP contribution in [0.25, 0.3) is 0 Å². The quantitative estimate of drug-likeness (QED) is 0.346. The van der Waals surface area contributed by atoms with Gasteiger partial charge in [-0.15, -0.1) is 0 Å². The fourth-order valence-electron chi connectivity index (χ4n) is 0.639. The standard InChI is InChI=1S/C6H17ClN2Si/c1-6(10-7,8(2)3)9(4)5/h10H2,1-5H3. The second-order valence-electron chi connectivity index (χ2n) is 3.14. The number of hydrogen-bond donors (Lipinski definition) is 0. The van der Waals surface area contributed by atoms with Crippen LogP contribution >= 0.6 is 11.1 Å². The highest BCUT2D eigenvalue weighted by molar-refractivity contribution is 6.95. The van der Waals surface area contributed by atoms with Crippen LogP contribution in [0.1, 0.15) is 6.92 Å². The summed E-state index contributed by atoms with van der Waals surface area (Å²) in [4.78, 5) is 4.35. The molecule has 0 aromatic heterocycles. The van der Waals surface area contributed by atoms with Gasteiger partial charge < -0.3 is 0 Å². The second kappa shape index (κ2) is 3.71.